The highest BCUT2D eigenvalue weighted by Gasteiger charge is 2.46. The molecule has 34 heavy (non-hydrogen) atoms. The molecule has 2 aliphatic rings. The number of nitriles is 1. The first-order chi connectivity index (χ1) is 16.1. The number of halogens is 4. The number of aromatic nitrogens is 1. The summed E-state index contributed by atoms with van der Waals surface area (Å²) in [5.74, 6) is -1.87. The molecular formula is C22H17F4N5O2S. The normalized spacial score (nSPS) is 17.4. The van der Waals surface area contributed by atoms with Gasteiger partial charge in [-0.1, -0.05) is 6.92 Å². The van der Waals surface area contributed by atoms with Crippen LogP contribution in [0.5, 0.6) is 0 Å². The number of carbonyl (C=O) groups excluding carboxylic acids is 2. The second-order valence-electron chi connectivity index (χ2n) is 7.86. The summed E-state index contributed by atoms with van der Waals surface area (Å²) in [7, 11) is 0. The van der Waals surface area contributed by atoms with Gasteiger partial charge in [-0.25, -0.2) is 9.37 Å². The maximum Gasteiger partial charge on any atom is 0.419 e. The van der Waals surface area contributed by atoms with Gasteiger partial charge in [0.2, 0.25) is 0 Å². The van der Waals surface area contributed by atoms with Crippen molar-refractivity contribution in [2.75, 3.05) is 11.4 Å². The van der Waals surface area contributed by atoms with E-state index in [0.717, 1.165) is 11.1 Å². The zero-order chi connectivity index (χ0) is 24.8. The number of alkyl halides is 3. The van der Waals surface area contributed by atoms with Crippen molar-refractivity contribution in [3.8, 4) is 6.07 Å². The molecule has 0 bridgehead atoms. The Morgan fingerprint density at radius 2 is 2.06 bits per heavy atom. The van der Waals surface area contributed by atoms with Crippen LogP contribution in [0, 0.1) is 17.1 Å². The van der Waals surface area contributed by atoms with Gasteiger partial charge in [-0.2, -0.15) is 18.4 Å². The van der Waals surface area contributed by atoms with Crippen LogP contribution in [-0.4, -0.2) is 39.4 Å². The van der Waals surface area contributed by atoms with E-state index in [9.17, 15) is 27.2 Å². The Morgan fingerprint density at radius 3 is 2.71 bits per heavy atom. The molecule has 1 aromatic carbocycles. The average molecular weight is 491 g/mol. The molecule has 1 N–H and O–H groups in total. The molecule has 176 valence electrons. The maximum atomic E-state index is 14.6. The molecular weight excluding hydrogens is 474 g/mol. The van der Waals surface area contributed by atoms with Gasteiger partial charge in [-0.15, -0.1) is 0 Å². The molecule has 0 spiro atoms. The lowest BCUT2D eigenvalue weighted by Gasteiger charge is -2.30. The lowest BCUT2D eigenvalue weighted by Crippen LogP contribution is -2.40. The fraction of sp³-hybridized carbons (Fsp3) is 0.318. The number of amides is 2. The SMILES string of the molecule is CCCNC(=O)c1cc2c(cc1F)CC1C(=O)N(c3cnc(C#N)c(C(F)(F)F)c3)C(=S)N1C2. The quantitative estimate of drug-likeness (QED) is 0.522. The lowest BCUT2D eigenvalue weighted by atomic mass is 9.92. The van der Waals surface area contributed by atoms with Gasteiger partial charge in [0, 0.05) is 19.5 Å². The van der Waals surface area contributed by atoms with Crippen molar-refractivity contribution in [1.82, 2.24) is 15.2 Å². The molecule has 1 saturated heterocycles. The minimum Gasteiger partial charge on any atom is -0.352 e. The summed E-state index contributed by atoms with van der Waals surface area (Å²) in [6, 6.07) is 3.83. The predicted octanol–water partition coefficient (Wildman–Crippen LogP) is 3.31. The molecule has 1 atom stereocenters. The van der Waals surface area contributed by atoms with Gasteiger partial charge in [-0.3, -0.25) is 14.5 Å². The van der Waals surface area contributed by atoms with Crippen LogP contribution in [0.15, 0.2) is 24.4 Å². The zero-order valence-corrected chi connectivity index (χ0v) is 18.6. The fourth-order valence-electron chi connectivity index (χ4n) is 4.03. The van der Waals surface area contributed by atoms with Crippen LogP contribution in [0.2, 0.25) is 0 Å². The average Bonchev–Trinajstić information content (AvgIpc) is 3.03. The van der Waals surface area contributed by atoms with Crippen LogP contribution >= 0.6 is 12.2 Å². The number of pyridine rings is 1. The van der Waals surface area contributed by atoms with E-state index in [2.05, 4.69) is 10.3 Å². The van der Waals surface area contributed by atoms with E-state index >= 15 is 0 Å². The Bertz CT molecular complexity index is 1260. The van der Waals surface area contributed by atoms with E-state index in [-0.39, 0.29) is 29.3 Å². The molecule has 0 aliphatic carbocycles. The van der Waals surface area contributed by atoms with Gasteiger partial charge in [0.25, 0.3) is 11.8 Å². The van der Waals surface area contributed by atoms with Crippen LogP contribution in [0.3, 0.4) is 0 Å². The van der Waals surface area contributed by atoms with E-state index in [0.29, 0.717) is 30.2 Å². The lowest BCUT2D eigenvalue weighted by molar-refractivity contribution is -0.138. The predicted molar refractivity (Wildman–Crippen MR) is 116 cm³/mol. The smallest absolute Gasteiger partial charge is 0.352 e. The van der Waals surface area contributed by atoms with Crippen molar-refractivity contribution >= 4 is 34.8 Å². The molecule has 0 radical (unpaired) electrons. The highest BCUT2D eigenvalue weighted by molar-refractivity contribution is 7.80. The van der Waals surface area contributed by atoms with Crippen LogP contribution in [-0.2, 0) is 23.9 Å². The number of carbonyl (C=O) groups is 2. The Balaban J connectivity index is 1.67. The summed E-state index contributed by atoms with van der Waals surface area (Å²) in [6.07, 6.45) is -3.12. The first-order valence-corrected chi connectivity index (χ1v) is 10.7. The van der Waals surface area contributed by atoms with E-state index in [4.69, 9.17) is 17.5 Å². The van der Waals surface area contributed by atoms with Crippen molar-refractivity contribution in [2.24, 2.45) is 0 Å². The van der Waals surface area contributed by atoms with E-state index in [1.54, 1.807) is 0 Å². The number of nitrogens with one attached hydrogen (secondary N) is 1. The Hall–Kier alpha value is -3.59. The molecule has 4 rings (SSSR count). The number of anilines is 1. The zero-order valence-electron chi connectivity index (χ0n) is 17.7. The summed E-state index contributed by atoms with van der Waals surface area (Å²) in [5.41, 5.74) is -1.34. The molecule has 2 aromatic rings. The topological polar surface area (TPSA) is 89.3 Å². The maximum absolute atomic E-state index is 14.6. The number of nitrogens with zero attached hydrogens (tertiary/aromatic N) is 4. The second-order valence-corrected chi connectivity index (χ2v) is 8.23. The number of rotatable bonds is 4. The molecule has 1 unspecified atom stereocenters. The highest BCUT2D eigenvalue weighted by Crippen LogP contribution is 2.37. The van der Waals surface area contributed by atoms with Crippen molar-refractivity contribution in [2.45, 2.75) is 38.5 Å². The van der Waals surface area contributed by atoms with Crippen molar-refractivity contribution < 1.29 is 27.2 Å². The standard InChI is InChI=1S/C22H17F4N5O2S/c1-2-3-28-19(32)14-4-12-10-30-18(6-11(12)5-16(14)23)20(33)31(21(30)34)13-7-15(22(24,25)26)17(8-27)29-9-13/h4-5,7,9,18H,2-3,6,10H2,1H3,(H,28,32). The van der Waals surface area contributed by atoms with Crippen molar-refractivity contribution in [3.63, 3.8) is 0 Å². The van der Waals surface area contributed by atoms with Crippen LogP contribution < -0.4 is 10.2 Å². The minimum atomic E-state index is -4.85. The third-order valence-corrected chi connectivity index (χ3v) is 6.10. The molecule has 12 heteroatoms. The largest absolute Gasteiger partial charge is 0.419 e. The van der Waals surface area contributed by atoms with Gasteiger partial charge in [0.05, 0.1) is 23.0 Å². The summed E-state index contributed by atoms with van der Waals surface area (Å²) in [6.45, 7) is 2.32. The van der Waals surface area contributed by atoms with Crippen molar-refractivity contribution in [3.05, 3.63) is 58.2 Å². The molecule has 0 saturated carbocycles. The van der Waals surface area contributed by atoms with Crippen molar-refractivity contribution in [1.29, 1.82) is 5.26 Å². The van der Waals surface area contributed by atoms with Gasteiger partial charge in [0.1, 0.15) is 17.9 Å². The Labute approximate surface area is 197 Å². The van der Waals surface area contributed by atoms with Crippen LogP contribution in [0.25, 0.3) is 0 Å². The highest BCUT2D eigenvalue weighted by atomic mass is 32.1. The van der Waals surface area contributed by atoms with E-state index in [1.165, 1.54) is 23.1 Å². The number of thiocarbonyl (C=S) groups is 1. The molecule has 1 fully saturated rings. The van der Waals surface area contributed by atoms with Gasteiger partial charge in [0.15, 0.2) is 10.8 Å². The van der Waals surface area contributed by atoms with Gasteiger partial charge in [-0.05, 0) is 48.0 Å². The third-order valence-electron chi connectivity index (χ3n) is 5.68. The van der Waals surface area contributed by atoms with Crippen LogP contribution in [0.1, 0.15) is 46.1 Å². The summed E-state index contributed by atoms with van der Waals surface area (Å²) >= 11 is 5.40. The summed E-state index contributed by atoms with van der Waals surface area (Å²) in [5, 5.41) is 11.5. The third kappa shape index (κ3) is 3.96. The number of hydrogen-bond acceptors (Lipinski definition) is 5. The monoisotopic (exact) mass is 491 g/mol. The van der Waals surface area contributed by atoms with Gasteiger partial charge < -0.3 is 10.2 Å². The van der Waals surface area contributed by atoms with Gasteiger partial charge >= 0.3 is 6.18 Å². The first-order valence-electron chi connectivity index (χ1n) is 10.3. The molecule has 2 aliphatic heterocycles. The Kier molecular flexibility index (Phi) is 5.99. The van der Waals surface area contributed by atoms with E-state index < -0.39 is 41.1 Å². The van der Waals surface area contributed by atoms with Crippen LogP contribution in [0.4, 0.5) is 23.2 Å². The molecule has 7 nitrogen and oxygen atoms in total. The second kappa shape index (κ2) is 8.64. The number of hydrogen-bond donors (Lipinski definition) is 1. The minimum absolute atomic E-state index is 0.0402. The van der Waals surface area contributed by atoms with E-state index in [1.807, 2.05) is 6.92 Å². The first kappa shape index (κ1) is 23.6. The summed E-state index contributed by atoms with van der Waals surface area (Å²) in [4.78, 5) is 31.4. The fourth-order valence-corrected chi connectivity index (χ4v) is 4.42. The summed E-state index contributed by atoms with van der Waals surface area (Å²) < 4.78 is 54.8. The molecule has 2 amide bonds. The number of fused-ring (bicyclic) bond motifs is 2. The number of benzene rings is 1. The Morgan fingerprint density at radius 1 is 1.32 bits per heavy atom. The molecule has 1 aromatic heterocycles. The molecule has 3 heterocycles.